The zero-order chi connectivity index (χ0) is 17.9. The predicted octanol–water partition coefficient (Wildman–Crippen LogP) is 3.47. The molecule has 0 spiro atoms. The van der Waals surface area contributed by atoms with Crippen molar-refractivity contribution in [2.75, 3.05) is 19.5 Å². The molecule has 8 nitrogen and oxygen atoms in total. The molecular weight excluding hydrogens is 374 g/mol. The fourth-order valence-corrected chi connectivity index (χ4v) is 3.92. The van der Waals surface area contributed by atoms with Gasteiger partial charge in [-0.2, -0.15) is 4.98 Å². The number of ether oxygens (including phenoxy) is 2. The molecule has 0 amide bonds. The topological polar surface area (TPSA) is 95.2 Å². The molecule has 1 aliphatic carbocycles. The van der Waals surface area contributed by atoms with Crippen molar-refractivity contribution in [3.63, 3.8) is 0 Å². The molecule has 0 aliphatic heterocycles. The molecule has 1 aromatic carbocycles. The van der Waals surface area contributed by atoms with Gasteiger partial charge in [0, 0.05) is 12.1 Å². The van der Waals surface area contributed by atoms with Gasteiger partial charge in [0.05, 0.1) is 25.5 Å². The molecule has 3 aromatic rings. The van der Waals surface area contributed by atoms with Crippen molar-refractivity contribution in [3.05, 3.63) is 24.1 Å². The molecule has 0 radical (unpaired) electrons. The third-order valence-electron chi connectivity index (χ3n) is 3.75. The summed E-state index contributed by atoms with van der Waals surface area (Å²) in [6, 6.07) is 6.03. The van der Waals surface area contributed by atoms with E-state index in [0.717, 1.165) is 15.0 Å². The summed E-state index contributed by atoms with van der Waals surface area (Å²) in [5.41, 5.74) is 0.750. The first-order chi connectivity index (χ1) is 12.7. The van der Waals surface area contributed by atoms with Gasteiger partial charge in [-0.25, -0.2) is 0 Å². The summed E-state index contributed by atoms with van der Waals surface area (Å²) in [5, 5.41) is 16.6. The number of hydrogen-bond acceptors (Lipinski definition) is 10. The fraction of sp³-hybridized carbons (Fsp3) is 0.375. The van der Waals surface area contributed by atoms with Gasteiger partial charge in [-0.1, -0.05) is 28.3 Å². The highest BCUT2D eigenvalue weighted by Crippen LogP contribution is 2.33. The Morgan fingerprint density at radius 1 is 1.27 bits per heavy atom. The zero-order valence-corrected chi connectivity index (χ0v) is 15.9. The quantitative estimate of drug-likeness (QED) is 0.579. The van der Waals surface area contributed by atoms with E-state index in [4.69, 9.17) is 14.0 Å². The molecule has 4 rings (SSSR count). The Labute approximate surface area is 158 Å². The lowest BCUT2D eigenvalue weighted by atomic mass is 10.2. The minimum Gasteiger partial charge on any atom is -0.497 e. The van der Waals surface area contributed by atoms with E-state index in [1.165, 1.54) is 35.9 Å². The maximum atomic E-state index is 5.39. The minimum absolute atomic E-state index is 0.480. The normalized spacial score (nSPS) is 13.6. The molecule has 0 bridgehead atoms. The first-order valence-corrected chi connectivity index (χ1v) is 9.83. The highest BCUT2D eigenvalue weighted by atomic mass is 32.2. The van der Waals surface area contributed by atoms with Crippen LogP contribution in [0, 0.1) is 0 Å². The maximum absolute atomic E-state index is 5.39. The number of benzene rings is 1. The van der Waals surface area contributed by atoms with Crippen LogP contribution < -0.4 is 14.8 Å². The van der Waals surface area contributed by atoms with E-state index in [2.05, 4.69) is 25.7 Å². The summed E-state index contributed by atoms with van der Waals surface area (Å²) in [4.78, 5) is 4.45. The van der Waals surface area contributed by atoms with Crippen LogP contribution in [-0.4, -0.2) is 40.6 Å². The van der Waals surface area contributed by atoms with Crippen molar-refractivity contribution in [1.29, 1.82) is 0 Å². The van der Waals surface area contributed by atoms with E-state index in [0.29, 0.717) is 35.0 Å². The number of nitrogens with zero attached hydrogens (tertiary/aromatic N) is 4. The van der Waals surface area contributed by atoms with Gasteiger partial charge in [-0.05, 0) is 25.0 Å². The van der Waals surface area contributed by atoms with Crippen LogP contribution in [0.5, 0.6) is 11.5 Å². The molecule has 10 heteroatoms. The van der Waals surface area contributed by atoms with Crippen LogP contribution in [-0.2, 0) is 5.75 Å². The second-order valence-electron chi connectivity index (χ2n) is 5.66. The van der Waals surface area contributed by atoms with Crippen LogP contribution >= 0.6 is 23.1 Å². The molecule has 1 saturated carbocycles. The molecule has 0 saturated heterocycles. The van der Waals surface area contributed by atoms with E-state index >= 15 is 0 Å². The molecule has 1 aliphatic rings. The average molecular weight is 391 g/mol. The van der Waals surface area contributed by atoms with Crippen LogP contribution in [0.1, 0.15) is 18.7 Å². The lowest BCUT2D eigenvalue weighted by molar-refractivity contribution is 0.388. The van der Waals surface area contributed by atoms with Crippen LogP contribution in [0.2, 0.25) is 0 Å². The molecule has 1 N–H and O–H groups in total. The number of nitrogens with one attached hydrogen (secondary N) is 1. The lowest BCUT2D eigenvalue weighted by Crippen LogP contribution is -1.99. The molecular formula is C16H17N5O3S2. The Hall–Kier alpha value is -2.33. The van der Waals surface area contributed by atoms with Crippen LogP contribution in [0.3, 0.4) is 0 Å². The van der Waals surface area contributed by atoms with E-state index in [1.54, 1.807) is 20.3 Å². The van der Waals surface area contributed by atoms with Crippen LogP contribution in [0.15, 0.2) is 27.1 Å². The van der Waals surface area contributed by atoms with Crippen molar-refractivity contribution in [2.24, 2.45) is 0 Å². The fourth-order valence-electron chi connectivity index (χ4n) is 2.26. The highest BCUT2D eigenvalue weighted by molar-refractivity contribution is 8.00. The van der Waals surface area contributed by atoms with Crippen molar-refractivity contribution >= 4 is 28.2 Å². The molecule has 0 unspecified atom stereocenters. The third kappa shape index (κ3) is 3.91. The molecule has 1 fully saturated rings. The van der Waals surface area contributed by atoms with Gasteiger partial charge in [-0.3, -0.25) is 0 Å². The predicted molar refractivity (Wildman–Crippen MR) is 99.0 cm³/mol. The summed E-state index contributed by atoms with van der Waals surface area (Å²) in [6.07, 6.45) is 2.42. The van der Waals surface area contributed by atoms with Gasteiger partial charge in [0.15, 0.2) is 4.34 Å². The number of hydrogen-bond donors (Lipinski definition) is 1. The minimum atomic E-state index is 0.480. The largest absolute Gasteiger partial charge is 0.497 e. The molecule has 136 valence electrons. The number of methoxy groups -OCH3 is 2. The van der Waals surface area contributed by atoms with Crippen molar-refractivity contribution in [1.82, 2.24) is 20.3 Å². The summed E-state index contributed by atoms with van der Waals surface area (Å²) in [7, 11) is 3.20. The van der Waals surface area contributed by atoms with Crippen molar-refractivity contribution < 1.29 is 14.0 Å². The molecule has 0 atom stereocenters. The smallest absolute Gasteiger partial charge is 0.237 e. The Morgan fingerprint density at radius 3 is 2.92 bits per heavy atom. The van der Waals surface area contributed by atoms with Gasteiger partial charge in [0.2, 0.25) is 16.8 Å². The standard InChI is InChI=1S/C16H17N5O3S2/c1-22-10-5-6-11(12(7-10)23-2)14-18-13(24-21-14)8-25-16-20-19-15(26-16)17-9-3-4-9/h5-7,9H,3-4,8H2,1-2H3,(H,17,19). The SMILES string of the molecule is COc1ccc(-c2noc(CSc3nnc(NC4CC4)s3)n2)c(OC)c1. The molecule has 26 heavy (non-hydrogen) atoms. The van der Waals surface area contributed by atoms with Crippen LogP contribution in [0.4, 0.5) is 5.13 Å². The van der Waals surface area contributed by atoms with E-state index in [1.807, 2.05) is 12.1 Å². The molecule has 2 heterocycles. The first kappa shape index (κ1) is 17.1. The third-order valence-corrected chi connectivity index (χ3v) is 5.72. The first-order valence-electron chi connectivity index (χ1n) is 8.03. The van der Waals surface area contributed by atoms with Gasteiger partial charge in [0.25, 0.3) is 0 Å². The molecule has 2 aromatic heterocycles. The summed E-state index contributed by atoms with van der Waals surface area (Å²) >= 11 is 3.06. The monoisotopic (exact) mass is 391 g/mol. The summed E-state index contributed by atoms with van der Waals surface area (Å²) in [5.74, 6) is 2.87. The average Bonchev–Trinajstić information content (AvgIpc) is 3.17. The second kappa shape index (κ2) is 7.50. The number of aromatic nitrogens is 4. The second-order valence-corrected chi connectivity index (χ2v) is 7.86. The highest BCUT2D eigenvalue weighted by Gasteiger charge is 2.22. The summed E-state index contributed by atoms with van der Waals surface area (Å²) in [6.45, 7) is 0. The van der Waals surface area contributed by atoms with Crippen molar-refractivity contribution in [2.45, 2.75) is 29.0 Å². The Bertz CT molecular complexity index is 894. The Morgan fingerprint density at radius 2 is 2.15 bits per heavy atom. The summed E-state index contributed by atoms with van der Waals surface area (Å²) < 4.78 is 16.8. The maximum Gasteiger partial charge on any atom is 0.237 e. The van der Waals surface area contributed by atoms with Crippen molar-refractivity contribution in [3.8, 4) is 22.9 Å². The Balaban J connectivity index is 1.42. The number of rotatable bonds is 8. The van der Waals surface area contributed by atoms with E-state index in [9.17, 15) is 0 Å². The van der Waals surface area contributed by atoms with Gasteiger partial charge < -0.3 is 19.3 Å². The Kier molecular flexibility index (Phi) is 4.93. The lowest BCUT2D eigenvalue weighted by Gasteiger charge is -2.07. The van der Waals surface area contributed by atoms with E-state index in [-0.39, 0.29) is 0 Å². The zero-order valence-electron chi connectivity index (χ0n) is 14.3. The van der Waals surface area contributed by atoms with E-state index < -0.39 is 0 Å². The van der Waals surface area contributed by atoms with Gasteiger partial charge in [-0.15, -0.1) is 10.2 Å². The van der Waals surface area contributed by atoms with Gasteiger partial charge >= 0.3 is 0 Å². The van der Waals surface area contributed by atoms with Gasteiger partial charge in [0.1, 0.15) is 11.5 Å². The number of thioether (sulfide) groups is 1. The van der Waals surface area contributed by atoms with Crippen LogP contribution in [0.25, 0.3) is 11.4 Å². The number of anilines is 1.